The zero-order chi connectivity index (χ0) is 10.1. The third-order valence-electron chi connectivity index (χ3n) is 1.41. The average molecular weight is 192 g/mol. The highest BCUT2D eigenvalue weighted by Crippen LogP contribution is 2.37. The Labute approximate surface area is 72.3 Å². The van der Waals surface area contributed by atoms with Crippen molar-refractivity contribution in [1.82, 2.24) is 4.98 Å². The number of nitrogens with zero attached hydrogens (tertiary/aromatic N) is 1. The lowest BCUT2D eigenvalue weighted by Crippen LogP contribution is -2.11. The Morgan fingerprint density at radius 1 is 1.46 bits per heavy atom. The second-order valence-corrected chi connectivity index (χ2v) is 2.28. The highest BCUT2D eigenvalue weighted by Gasteiger charge is 2.36. The van der Waals surface area contributed by atoms with Crippen LogP contribution in [0.15, 0.2) is 12.3 Å². The summed E-state index contributed by atoms with van der Waals surface area (Å²) in [7, 11) is 1.11. The first kappa shape index (κ1) is 9.63. The van der Waals surface area contributed by atoms with E-state index in [0.717, 1.165) is 13.3 Å². The van der Waals surface area contributed by atoms with Crippen LogP contribution >= 0.6 is 0 Å². The predicted molar refractivity (Wildman–Crippen MR) is 40.2 cm³/mol. The zero-order valence-corrected chi connectivity index (χ0v) is 6.72. The van der Waals surface area contributed by atoms with Gasteiger partial charge in [0.05, 0.1) is 12.8 Å². The molecule has 0 bridgehead atoms. The number of anilines is 1. The number of halogens is 3. The fraction of sp³-hybridized carbons (Fsp3) is 0.286. The SMILES string of the molecule is COc1c(N)ccnc1C(F)(F)F. The lowest BCUT2D eigenvalue weighted by Gasteiger charge is -2.11. The van der Waals surface area contributed by atoms with Crippen molar-refractivity contribution >= 4 is 5.69 Å². The van der Waals surface area contributed by atoms with Gasteiger partial charge in [-0.2, -0.15) is 13.2 Å². The number of hydrogen-bond donors (Lipinski definition) is 1. The van der Waals surface area contributed by atoms with Gasteiger partial charge >= 0.3 is 6.18 Å². The highest BCUT2D eigenvalue weighted by atomic mass is 19.4. The van der Waals surface area contributed by atoms with Gasteiger partial charge in [-0.05, 0) is 6.07 Å². The van der Waals surface area contributed by atoms with E-state index in [-0.39, 0.29) is 5.69 Å². The van der Waals surface area contributed by atoms with E-state index in [1.54, 1.807) is 0 Å². The van der Waals surface area contributed by atoms with Gasteiger partial charge in [0.25, 0.3) is 0 Å². The molecule has 0 amide bonds. The molecule has 3 nitrogen and oxygen atoms in total. The summed E-state index contributed by atoms with van der Waals surface area (Å²) in [4.78, 5) is 3.15. The van der Waals surface area contributed by atoms with Crippen LogP contribution in [0.1, 0.15) is 5.69 Å². The Morgan fingerprint density at radius 2 is 2.08 bits per heavy atom. The molecule has 0 spiro atoms. The van der Waals surface area contributed by atoms with Crippen LogP contribution in [-0.2, 0) is 6.18 Å². The molecule has 0 saturated carbocycles. The largest absolute Gasteiger partial charge is 0.492 e. The molecule has 6 heteroatoms. The van der Waals surface area contributed by atoms with Gasteiger partial charge in [0.2, 0.25) is 0 Å². The first-order valence-electron chi connectivity index (χ1n) is 3.32. The Kier molecular flexibility index (Phi) is 2.31. The van der Waals surface area contributed by atoms with E-state index >= 15 is 0 Å². The first-order valence-corrected chi connectivity index (χ1v) is 3.32. The number of pyridine rings is 1. The second kappa shape index (κ2) is 3.12. The molecular weight excluding hydrogens is 185 g/mol. The molecule has 72 valence electrons. The first-order chi connectivity index (χ1) is 5.96. The topological polar surface area (TPSA) is 48.1 Å². The molecule has 13 heavy (non-hydrogen) atoms. The van der Waals surface area contributed by atoms with Crippen molar-refractivity contribution in [3.05, 3.63) is 18.0 Å². The van der Waals surface area contributed by atoms with Gasteiger partial charge in [-0.3, -0.25) is 0 Å². The molecule has 1 heterocycles. The number of rotatable bonds is 1. The number of methoxy groups -OCH3 is 1. The molecule has 1 rings (SSSR count). The van der Waals surface area contributed by atoms with E-state index in [0.29, 0.717) is 0 Å². The smallest absolute Gasteiger partial charge is 0.437 e. The Balaban J connectivity index is 3.29. The third kappa shape index (κ3) is 1.82. The molecule has 0 aliphatic rings. The van der Waals surface area contributed by atoms with Crippen molar-refractivity contribution in [1.29, 1.82) is 0 Å². The summed E-state index contributed by atoms with van der Waals surface area (Å²) in [5.74, 6) is -0.435. The molecule has 1 aromatic heterocycles. The maximum atomic E-state index is 12.2. The summed E-state index contributed by atoms with van der Waals surface area (Å²) in [6.07, 6.45) is -3.55. The number of hydrogen-bond acceptors (Lipinski definition) is 3. The normalized spacial score (nSPS) is 11.4. The lowest BCUT2D eigenvalue weighted by molar-refractivity contribution is -0.142. The molecule has 0 aliphatic heterocycles. The molecule has 2 N–H and O–H groups in total. The average Bonchev–Trinajstić information content (AvgIpc) is 2.02. The quantitative estimate of drug-likeness (QED) is 0.736. The van der Waals surface area contributed by atoms with E-state index in [2.05, 4.69) is 9.72 Å². The van der Waals surface area contributed by atoms with Crippen LogP contribution in [0.4, 0.5) is 18.9 Å². The molecule has 0 fully saturated rings. The maximum absolute atomic E-state index is 12.2. The van der Waals surface area contributed by atoms with Crippen LogP contribution in [0.2, 0.25) is 0 Å². The van der Waals surface area contributed by atoms with Crippen molar-refractivity contribution in [2.75, 3.05) is 12.8 Å². The number of nitrogens with two attached hydrogens (primary N) is 1. The van der Waals surface area contributed by atoms with Crippen molar-refractivity contribution < 1.29 is 17.9 Å². The van der Waals surface area contributed by atoms with E-state index < -0.39 is 17.6 Å². The van der Waals surface area contributed by atoms with Gasteiger partial charge in [-0.15, -0.1) is 0 Å². The maximum Gasteiger partial charge on any atom is 0.437 e. The van der Waals surface area contributed by atoms with Crippen molar-refractivity contribution in [3.8, 4) is 5.75 Å². The monoisotopic (exact) mass is 192 g/mol. The number of aromatic nitrogens is 1. The second-order valence-electron chi connectivity index (χ2n) is 2.28. The molecular formula is C7H7F3N2O. The molecule has 0 unspecified atom stereocenters. The number of nitrogen functional groups attached to an aromatic ring is 1. The van der Waals surface area contributed by atoms with Gasteiger partial charge in [0.1, 0.15) is 0 Å². The minimum atomic E-state index is -4.54. The molecule has 0 saturated heterocycles. The number of ether oxygens (including phenoxy) is 1. The van der Waals surface area contributed by atoms with E-state index in [4.69, 9.17) is 5.73 Å². The molecule has 0 aromatic carbocycles. The minimum Gasteiger partial charge on any atom is -0.492 e. The van der Waals surface area contributed by atoms with Crippen molar-refractivity contribution in [2.24, 2.45) is 0 Å². The predicted octanol–water partition coefficient (Wildman–Crippen LogP) is 1.69. The summed E-state index contributed by atoms with van der Waals surface area (Å²) in [6.45, 7) is 0. The molecule has 0 aliphatic carbocycles. The summed E-state index contributed by atoms with van der Waals surface area (Å²) >= 11 is 0. The van der Waals surface area contributed by atoms with Crippen molar-refractivity contribution in [2.45, 2.75) is 6.18 Å². The molecule has 1 aromatic rings. The summed E-state index contributed by atoms with van der Waals surface area (Å²) in [6, 6.07) is 1.24. The van der Waals surface area contributed by atoms with Gasteiger partial charge < -0.3 is 10.5 Å². The van der Waals surface area contributed by atoms with E-state index in [9.17, 15) is 13.2 Å². The van der Waals surface area contributed by atoms with Gasteiger partial charge in [0.15, 0.2) is 11.4 Å². The Morgan fingerprint density at radius 3 is 2.46 bits per heavy atom. The fourth-order valence-electron chi connectivity index (χ4n) is 0.880. The standard InChI is InChI=1S/C7H7F3N2O/c1-13-5-4(11)2-3-12-6(5)7(8,9)10/h2-3H,1H3,(H2,11,12). The Bertz CT molecular complexity index is 311. The summed E-state index contributed by atoms with van der Waals surface area (Å²) in [5, 5.41) is 0. The van der Waals surface area contributed by atoms with Gasteiger partial charge in [-0.1, -0.05) is 0 Å². The minimum absolute atomic E-state index is 0.0789. The van der Waals surface area contributed by atoms with Crippen LogP contribution in [0.5, 0.6) is 5.75 Å². The summed E-state index contributed by atoms with van der Waals surface area (Å²) < 4.78 is 41.1. The van der Waals surface area contributed by atoms with Crippen LogP contribution in [0, 0.1) is 0 Å². The van der Waals surface area contributed by atoms with Crippen LogP contribution in [0.25, 0.3) is 0 Å². The van der Waals surface area contributed by atoms with E-state index in [1.807, 2.05) is 0 Å². The molecule has 0 atom stereocenters. The van der Waals surface area contributed by atoms with Crippen LogP contribution < -0.4 is 10.5 Å². The zero-order valence-electron chi connectivity index (χ0n) is 6.72. The summed E-state index contributed by atoms with van der Waals surface area (Å²) in [5.41, 5.74) is 4.08. The van der Waals surface area contributed by atoms with Gasteiger partial charge in [0, 0.05) is 6.20 Å². The Hall–Kier alpha value is -1.46. The number of alkyl halides is 3. The van der Waals surface area contributed by atoms with E-state index in [1.165, 1.54) is 6.07 Å². The lowest BCUT2D eigenvalue weighted by atomic mass is 10.3. The van der Waals surface area contributed by atoms with Gasteiger partial charge in [-0.25, -0.2) is 4.98 Å². The van der Waals surface area contributed by atoms with Crippen molar-refractivity contribution in [3.63, 3.8) is 0 Å². The van der Waals surface area contributed by atoms with Crippen LogP contribution in [-0.4, -0.2) is 12.1 Å². The highest BCUT2D eigenvalue weighted by molar-refractivity contribution is 5.54. The fourth-order valence-corrected chi connectivity index (χ4v) is 0.880. The third-order valence-corrected chi connectivity index (χ3v) is 1.41. The van der Waals surface area contributed by atoms with Crippen LogP contribution in [0.3, 0.4) is 0 Å². The molecule has 0 radical (unpaired) electrons.